The number of nitrogens with one attached hydrogen (secondary N) is 1. The van der Waals surface area contributed by atoms with Crippen LogP contribution in [0.1, 0.15) is 290 Å². The van der Waals surface area contributed by atoms with E-state index in [-0.39, 0.29) is 18.0 Å². The van der Waals surface area contributed by atoms with Gasteiger partial charge in [0.05, 0.1) is 0 Å². The average Bonchev–Trinajstić information content (AvgIpc) is 3.23. The van der Waals surface area contributed by atoms with Gasteiger partial charge in [0, 0.05) is 12.8 Å². The second-order valence-corrected chi connectivity index (χ2v) is 18.3. The van der Waals surface area contributed by atoms with E-state index in [1.807, 2.05) is 0 Å². The fourth-order valence-corrected chi connectivity index (χ4v) is 8.34. The summed E-state index contributed by atoms with van der Waals surface area (Å²) in [5.74, 6) is -1.23. The fourth-order valence-electron chi connectivity index (χ4n) is 8.34. The molecule has 0 aliphatic rings. The Morgan fingerprint density at radius 2 is 0.833 bits per heavy atom. The lowest BCUT2D eigenvalue weighted by Gasteiger charge is -2.18. The molecule has 0 aliphatic carbocycles. The Kier molecular flexibility index (Phi) is 46.6. The number of nitrogens with two attached hydrogens (primary N) is 1. The summed E-state index contributed by atoms with van der Waals surface area (Å²) < 4.78 is 6.07. The highest BCUT2D eigenvalue weighted by Gasteiger charge is 2.19. The smallest absolute Gasteiger partial charge is 0.326 e. The van der Waals surface area contributed by atoms with E-state index in [1.165, 1.54) is 180 Å². The molecule has 0 fully saturated rings. The molecule has 0 aliphatic heterocycles. The lowest BCUT2D eigenvalue weighted by molar-refractivity contribution is -0.150. The maximum absolute atomic E-state index is 12.9. The SMILES string of the molecule is CCCCCCCCCC/C=C\CCCC(CCCCCCCC(=O)NC(CCCN)C(=O)O)OC(=O)CCCCCCCCCCCCCCCCCCCCCCC. The molecule has 0 heterocycles. The van der Waals surface area contributed by atoms with E-state index in [1.54, 1.807) is 0 Å². The third-order valence-electron chi connectivity index (χ3n) is 12.3. The first-order chi connectivity index (χ1) is 29.4. The van der Waals surface area contributed by atoms with Gasteiger partial charge in [-0.05, 0) is 77.2 Å². The Labute approximate surface area is 372 Å². The molecule has 0 bridgehead atoms. The van der Waals surface area contributed by atoms with Crippen molar-refractivity contribution in [2.45, 2.75) is 302 Å². The number of ether oxygens (including phenoxy) is 1. The van der Waals surface area contributed by atoms with Crippen molar-refractivity contribution in [3.8, 4) is 0 Å². The Hall–Kier alpha value is -1.89. The van der Waals surface area contributed by atoms with E-state index in [9.17, 15) is 19.5 Å². The molecule has 0 aromatic rings. The number of carboxylic acid groups (broad SMARTS) is 1. The van der Waals surface area contributed by atoms with Crippen molar-refractivity contribution in [1.82, 2.24) is 5.32 Å². The van der Waals surface area contributed by atoms with Crippen molar-refractivity contribution >= 4 is 17.8 Å². The van der Waals surface area contributed by atoms with E-state index < -0.39 is 12.0 Å². The number of amides is 1. The lowest BCUT2D eigenvalue weighted by Crippen LogP contribution is -2.40. The summed E-state index contributed by atoms with van der Waals surface area (Å²) >= 11 is 0. The van der Waals surface area contributed by atoms with E-state index >= 15 is 0 Å². The maximum atomic E-state index is 12.9. The number of unbranched alkanes of at least 4 members (excludes halogenated alkanes) is 33. The first-order valence-corrected chi connectivity index (χ1v) is 26.5. The lowest BCUT2D eigenvalue weighted by atomic mass is 10.0. The fraction of sp³-hybridized carbons (Fsp3) is 0.906. The van der Waals surface area contributed by atoms with Gasteiger partial charge in [0.1, 0.15) is 12.1 Å². The molecule has 354 valence electrons. The van der Waals surface area contributed by atoms with Gasteiger partial charge < -0.3 is 20.9 Å². The zero-order valence-electron chi connectivity index (χ0n) is 40.1. The second-order valence-electron chi connectivity index (χ2n) is 18.3. The Balaban J connectivity index is 4.20. The summed E-state index contributed by atoms with van der Waals surface area (Å²) in [6, 6.07) is -0.857. The van der Waals surface area contributed by atoms with Gasteiger partial charge in [0.15, 0.2) is 0 Å². The highest BCUT2D eigenvalue weighted by Crippen LogP contribution is 2.19. The number of esters is 1. The number of carbonyl (C=O) groups is 3. The van der Waals surface area contributed by atoms with Crippen LogP contribution in [0.2, 0.25) is 0 Å². The van der Waals surface area contributed by atoms with E-state index in [0.717, 1.165) is 70.6 Å². The van der Waals surface area contributed by atoms with Gasteiger partial charge in [-0.1, -0.05) is 219 Å². The summed E-state index contributed by atoms with van der Waals surface area (Å²) in [6.07, 6.45) is 55.7. The quantitative estimate of drug-likeness (QED) is 0.0319. The van der Waals surface area contributed by atoms with Gasteiger partial charge in [-0.25, -0.2) is 4.79 Å². The molecule has 0 radical (unpaired) electrons. The molecule has 1 amide bonds. The zero-order chi connectivity index (χ0) is 43.8. The molecule has 0 saturated heterocycles. The number of aliphatic carboxylic acids is 1. The summed E-state index contributed by atoms with van der Waals surface area (Å²) in [5, 5.41) is 12.0. The van der Waals surface area contributed by atoms with Crippen LogP contribution in [0.4, 0.5) is 0 Å². The summed E-state index contributed by atoms with van der Waals surface area (Å²) in [7, 11) is 0. The van der Waals surface area contributed by atoms with Gasteiger partial charge >= 0.3 is 11.9 Å². The molecule has 7 heteroatoms. The number of hydrogen-bond acceptors (Lipinski definition) is 5. The summed E-state index contributed by atoms with van der Waals surface area (Å²) in [4.78, 5) is 36.6. The third kappa shape index (κ3) is 44.2. The predicted molar refractivity (Wildman–Crippen MR) is 258 cm³/mol. The molecule has 0 spiro atoms. The first kappa shape index (κ1) is 58.1. The standard InChI is InChI=1S/C53H102N2O5/c1-3-5-7-9-11-13-15-17-18-19-20-21-22-23-24-26-28-30-32-37-41-47-52(57)60-49(43-38-34-31-29-27-25-16-14-12-10-8-6-4-2)44-39-35-33-36-40-46-51(56)55-50(53(58)59)45-42-48-54/h29,31,49-50H,3-28,30,32-48,54H2,1-2H3,(H,55,56)(H,58,59)/b31-29-. The maximum Gasteiger partial charge on any atom is 0.326 e. The van der Waals surface area contributed by atoms with E-state index in [0.29, 0.717) is 32.2 Å². The monoisotopic (exact) mass is 847 g/mol. The molecule has 0 rings (SSSR count). The molecule has 60 heavy (non-hydrogen) atoms. The number of allylic oxidation sites excluding steroid dienone is 2. The molecule has 2 atom stereocenters. The van der Waals surface area contributed by atoms with Crippen molar-refractivity contribution < 1.29 is 24.2 Å². The Bertz CT molecular complexity index is 956. The van der Waals surface area contributed by atoms with E-state index in [2.05, 4.69) is 31.3 Å². The van der Waals surface area contributed by atoms with Crippen LogP contribution < -0.4 is 11.1 Å². The molecule has 2 unspecified atom stereocenters. The van der Waals surface area contributed by atoms with Gasteiger partial charge in [-0.3, -0.25) is 9.59 Å². The second kappa shape index (κ2) is 48.1. The van der Waals surface area contributed by atoms with Crippen LogP contribution >= 0.6 is 0 Å². The largest absolute Gasteiger partial charge is 0.480 e. The summed E-state index contributed by atoms with van der Waals surface area (Å²) in [5.41, 5.74) is 5.50. The zero-order valence-corrected chi connectivity index (χ0v) is 40.1. The van der Waals surface area contributed by atoms with Gasteiger partial charge in [0.25, 0.3) is 0 Å². The van der Waals surface area contributed by atoms with Crippen LogP contribution in [0.5, 0.6) is 0 Å². The number of hydrogen-bond donors (Lipinski definition) is 3. The van der Waals surface area contributed by atoms with Crippen LogP contribution in [0, 0.1) is 0 Å². The van der Waals surface area contributed by atoms with Crippen molar-refractivity contribution in [2.75, 3.05) is 6.54 Å². The van der Waals surface area contributed by atoms with E-state index in [4.69, 9.17) is 10.5 Å². The van der Waals surface area contributed by atoms with Crippen molar-refractivity contribution in [3.63, 3.8) is 0 Å². The van der Waals surface area contributed by atoms with Crippen LogP contribution in [-0.4, -0.2) is 41.6 Å². The third-order valence-corrected chi connectivity index (χ3v) is 12.3. The van der Waals surface area contributed by atoms with Crippen LogP contribution in [0.3, 0.4) is 0 Å². The molecular weight excluding hydrogens is 745 g/mol. The molecular formula is C53H102N2O5. The van der Waals surface area contributed by atoms with Crippen molar-refractivity contribution in [3.05, 3.63) is 12.2 Å². The normalized spacial score (nSPS) is 12.6. The van der Waals surface area contributed by atoms with Gasteiger partial charge in [-0.2, -0.15) is 0 Å². The molecule has 7 nitrogen and oxygen atoms in total. The molecule has 4 N–H and O–H groups in total. The minimum absolute atomic E-state index is 0.0132. The minimum atomic E-state index is -1.00. The number of rotatable bonds is 49. The van der Waals surface area contributed by atoms with Crippen LogP contribution in [-0.2, 0) is 19.1 Å². The minimum Gasteiger partial charge on any atom is -0.480 e. The molecule has 0 aromatic carbocycles. The van der Waals surface area contributed by atoms with Crippen molar-refractivity contribution in [1.29, 1.82) is 0 Å². The van der Waals surface area contributed by atoms with Crippen LogP contribution in [0.15, 0.2) is 12.2 Å². The van der Waals surface area contributed by atoms with Gasteiger partial charge in [-0.15, -0.1) is 0 Å². The number of carbonyl (C=O) groups excluding carboxylic acids is 2. The van der Waals surface area contributed by atoms with Crippen LogP contribution in [0.25, 0.3) is 0 Å². The number of carboxylic acids is 1. The topological polar surface area (TPSA) is 119 Å². The Morgan fingerprint density at radius 3 is 1.27 bits per heavy atom. The predicted octanol–water partition coefficient (Wildman–Crippen LogP) is 15.8. The Morgan fingerprint density at radius 1 is 0.467 bits per heavy atom. The van der Waals surface area contributed by atoms with Crippen molar-refractivity contribution in [2.24, 2.45) is 5.73 Å². The average molecular weight is 847 g/mol. The first-order valence-electron chi connectivity index (χ1n) is 26.5. The highest BCUT2D eigenvalue weighted by atomic mass is 16.5. The summed E-state index contributed by atoms with van der Waals surface area (Å²) in [6.45, 7) is 4.98. The molecule has 0 aromatic heterocycles. The highest BCUT2D eigenvalue weighted by molar-refractivity contribution is 5.83. The van der Waals surface area contributed by atoms with Gasteiger partial charge in [0.2, 0.25) is 5.91 Å². The molecule has 0 saturated carbocycles.